The zero-order valence-electron chi connectivity index (χ0n) is 10.9. The molecule has 0 atom stereocenters. The average Bonchev–Trinajstić information content (AvgIpc) is 2.26. The van der Waals surface area contributed by atoms with Gasteiger partial charge in [-0.25, -0.2) is 21.6 Å². The first-order valence-corrected chi connectivity index (χ1v) is 9.24. The number of sulfonamides is 1. The number of fused-ring (bicyclic) bond motifs is 1. The molecule has 0 bridgehead atoms. The minimum atomic E-state index is -3.58. The van der Waals surface area contributed by atoms with E-state index in [0.29, 0.717) is 18.4 Å². The summed E-state index contributed by atoms with van der Waals surface area (Å²) >= 11 is 0. The number of sulfone groups is 1. The molecule has 0 amide bonds. The van der Waals surface area contributed by atoms with Crippen LogP contribution >= 0.6 is 0 Å². The Labute approximate surface area is 114 Å². The lowest BCUT2D eigenvalue weighted by molar-refractivity contribution is 0.568. The number of aryl methyl sites for hydroxylation is 1. The minimum absolute atomic E-state index is 0.122. The Bertz CT molecular complexity index is 690. The molecule has 7 heteroatoms. The summed E-state index contributed by atoms with van der Waals surface area (Å²) in [4.78, 5) is 0.388. The van der Waals surface area contributed by atoms with Crippen LogP contribution in [0.3, 0.4) is 0 Å². The molecule has 19 heavy (non-hydrogen) atoms. The number of nitrogens with one attached hydrogen (secondary N) is 1. The van der Waals surface area contributed by atoms with Gasteiger partial charge >= 0.3 is 0 Å². The largest absolute Gasteiger partial charge is 0.240 e. The molecular formula is C12H17NO4S2. The van der Waals surface area contributed by atoms with Crippen molar-refractivity contribution in [1.82, 2.24) is 4.72 Å². The van der Waals surface area contributed by atoms with E-state index >= 15 is 0 Å². The first kappa shape index (κ1) is 14.5. The molecule has 0 aliphatic carbocycles. The van der Waals surface area contributed by atoms with E-state index in [1.165, 1.54) is 18.2 Å². The van der Waals surface area contributed by atoms with Crippen LogP contribution in [0.1, 0.15) is 25.8 Å². The molecule has 1 aliphatic rings. The molecule has 1 aromatic rings. The Morgan fingerprint density at radius 3 is 2.58 bits per heavy atom. The number of rotatable bonds is 3. The van der Waals surface area contributed by atoms with E-state index in [-0.39, 0.29) is 21.6 Å². The number of hydrogen-bond acceptors (Lipinski definition) is 4. The second-order valence-corrected chi connectivity index (χ2v) is 8.76. The van der Waals surface area contributed by atoms with Crippen molar-refractivity contribution in [2.24, 2.45) is 0 Å². The fourth-order valence-corrected chi connectivity index (χ4v) is 5.04. The Balaban J connectivity index is 2.48. The molecule has 1 aliphatic heterocycles. The van der Waals surface area contributed by atoms with Crippen LogP contribution in [0.25, 0.3) is 0 Å². The summed E-state index contributed by atoms with van der Waals surface area (Å²) in [7, 11) is -6.82. The first-order chi connectivity index (χ1) is 8.72. The van der Waals surface area contributed by atoms with Crippen LogP contribution in [0.15, 0.2) is 28.0 Å². The fraction of sp³-hybridized carbons (Fsp3) is 0.500. The molecule has 106 valence electrons. The minimum Gasteiger partial charge on any atom is -0.224 e. The van der Waals surface area contributed by atoms with Crippen molar-refractivity contribution in [2.75, 3.05) is 5.75 Å². The van der Waals surface area contributed by atoms with E-state index in [1.54, 1.807) is 13.8 Å². The van der Waals surface area contributed by atoms with E-state index in [4.69, 9.17) is 0 Å². The van der Waals surface area contributed by atoms with Crippen LogP contribution in [0.5, 0.6) is 0 Å². The van der Waals surface area contributed by atoms with Crippen molar-refractivity contribution >= 4 is 19.9 Å². The lowest BCUT2D eigenvalue weighted by Gasteiger charge is -2.17. The van der Waals surface area contributed by atoms with Gasteiger partial charge < -0.3 is 0 Å². The van der Waals surface area contributed by atoms with Gasteiger partial charge in [0, 0.05) is 6.04 Å². The SMILES string of the molecule is CC(C)NS(=O)(=O)c1ccc2c(c1)CCCS2(=O)=O. The van der Waals surface area contributed by atoms with Gasteiger partial charge in [0.15, 0.2) is 9.84 Å². The fourth-order valence-electron chi connectivity index (χ4n) is 2.16. The Hall–Kier alpha value is -0.920. The first-order valence-electron chi connectivity index (χ1n) is 6.10. The standard InChI is InChI=1S/C12H17NO4S2/c1-9(2)13-19(16,17)11-5-6-12-10(8-11)4-3-7-18(12,14)15/h5-6,8-9,13H,3-4,7H2,1-2H3. The summed E-state index contributed by atoms with van der Waals surface area (Å²) < 4.78 is 50.2. The van der Waals surface area contributed by atoms with Crippen LogP contribution in [-0.2, 0) is 26.3 Å². The van der Waals surface area contributed by atoms with Gasteiger partial charge in [-0.15, -0.1) is 0 Å². The van der Waals surface area contributed by atoms with Crippen LogP contribution in [0, 0.1) is 0 Å². The van der Waals surface area contributed by atoms with Crippen molar-refractivity contribution in [3.8, 4) is 0 Å². The molecule has 0 radical (unpaired) electrons. The summed E-state index contributed by atoms with van der Waals surface area (Å²) in [6.07, 6.45) is 1.13. The highest BCUT2D eigenvalue weighted by Crippen LogP contribution is 2.27. The van der Waals surface area contributed by atoms with Crippen LogP contribution in [0.4, 0.5) is 0 Å². The van der Waals surface area contributed by atoms with E-state index < -0.39 is 19.9 Å². The van der Waals surface area contributed by atoms with Gasteiger partial charge in [0.1, 0.15) is 0 Å². The smallest absolute Gasteiger partial charge is 0.224 e. The summed E-state index contributed by atoms with van der Waals surface area (Å²) in [6, 6.07) is 4.02. The highest BCUT2D eigenvalue weighted by molar-refractivity contribution is 7.91. The third-order valence-electron chi connectivity index (χ3n) is 2.93. The van der Waals surface area contributed by atoms with Gasteiger partial charge in [0.25, 0.3) is 0 Å². The van der Waals surface area contributed by atoms with E-state index in [1.807, 2.05) is 0 Å². The predicted molar refractivity (Wildman–Crippen MR) is 72.3 cm³/mol. The Morgan fingerprint density at radius 2 is 1.95 bits per heavy atom. The van der Waals surface area contributed by atoms with Gasteiger partial charge in [-0.2, -0.15) is 0 Å². The monoisotopic (exact) mass is 303 g/mol. The summed E-state index contributed by atoms with van der Waals surface area (Å²) in [6.45, 7) is 3.47. The Morgan fingerprint density at radius 1 is 1.26 bits per heavy atom. The molecule has 1 N–H and O–H groups in total. The van der Waals surface area contributed by atoms with Crippen molar-refractivity contribution < 1.29 is 16.8 Å². The number of hydrogen-bond donors (Lipinski definition) is 1. The maximum Gasteiger partial charge on any atom is 0.240 e. The second-order valence-electron chi connectivity index (χ2n) is 4.97. The molecule has 2 rings (SSSR count). The van der Waals surface area contributed by atoms with Crippen LogP contribution < -0.4 is 4.72 Å². The molecule has 0 aromatic heterocycles. The van der Waals surface area contributed by atoms with Crippen molar-refractivity contribution in [2.45, 2.75) is 42.5 Å². The molecule has 0 spiro atoms. The van der Waals surface area contributed by atoms with Crippen LogP contribution in [-0.4, -0.2) is 28.6 Å². The zero-order valence-corrected chi connectivity index (χ0v) is 12.5. The average molecular weight is 303 g/mol. The van der Waals surface area contributed by atoms with E-state index in [2.05, 4.69) is 4.72 Å². The third kappa shape index (κ3) is 2.98. The maximum atomic E-state index is 12.0. The molecule has 0 saturated heterocycles. The predicted octanol–water partition coefficient (Wildman–Crippen LogP) is 1.09. The maximum absolute atomic E-state index is 12.0. The van der Waals surface area contributed by atoms with E-state index in [9.17, 15) is 16.8 Å². The van der Waals surface area contributed by atoms with Gasteiger partial charge in [0.2, 0.25) is 10.0 Å². The quantitative estimate of drug-likeness (QED) is 0.906. The highest BCUT2D eigenvalue weighted by atomic mass is 32.2. The third-order valence-corrected chi connectivity index (χ3v) is 6.48. The summed E-state index contributed by atoms with van der Waals surface area (Å²) in [5, 5.41) is 0. The summed E-state index contributed by atoms with van der Waals surface area (Å²) in [5.74, 6) is 0.135. The molecule has 0 saturated carbocycles. The molecule has 1 aromatic carbocycles. The van der Waals surface area contributed by atoms with Crippen molar-refractivity contribution in [3.05, 3.63) is 23.8 Å². The molecule has 5 nitrogen and oxygen atoms in total. The lowest BCUT2D eigenvalue weighted by atomic mass is 10.1. The summed E-state index contributed by atoms with van der Waals surface area (Å²) in [5.41, 5.74) is 0.595. The van der Waals surface area contributed by atoms with E-state index in [0.717, 1.165) is 0 Å². The zero-order chi connectivity index (χ0) is 14.3. The highest BCUT2D eigenvalue weighted by Gasteiger charge is 2.25. The van der Waals surface area contributed by atoms with Gasteiger partial charge in [-0.1, -0.05) is 0 Å². The normalized spacial score (nSPS) is 18.3. The second kappa shape index (κ2) is 4.88. The van der Waals surface area contributed by atoms with Gasteiger partial charge in [0.05, 0.1) is 15.5 Å². The molecule has 0 fully saturated rings. The molecule has 1 heterocycles. The van der Waals surface area contributed by atoms with Gasteiger partial charge in [-0.3, -0.25) is 0 Å². The molecule has 0 unspecified atom stereocenters. The van der Waals surface area contributed by atoms with Crippen LogP contribution in [0.2, 0.25) is 0 Å². The van der Waals surface area contributed by atoms with Crippen molar-refractivity contribution in [1.29, 1.82) is 0 Å². The van der Waals surface area contributed by atoms with Gasteiger partial charge in [-0.05, 0) is 50.5 Å². The molecular weight excluding hydrogens is 286 g/mol. The Kier molecular flexibility index (Phi) is 3.72. The van der Waals surface area contributed by atoms with Crippen molar-refractivity contribution in [3.63, 3.8) is 0 Å². The topological polar surface area (TPSA) is 80.3 Å². The number of benzene rings is 1. The lowest BCUT2D eigenvalue weighted by Crippen LogP contribution is -2.30.